The van der Waals surface area contributed by atoms with E-state index in [0.29, 0.717) is 42.7 Å². The molecule has 5 rings (SSSR count). The maximum Gasteiger partial charge on any atom is 0.255 e. The number of hydrogen-bond donors (Lipinski definition) is 5. The lowest BCUT2D eigenvalue weighted by Gasteiger charge is -2.50. The van der Waals surface area contributed by atoms with Crippen LogP contribution >= 0.6 is 0 Å². The summed E-state index contributed by atoms with van der Waals surface area (Å²) in [4.78, 5) is 44.8. The summed E-state index contributed by atoms with van der Waals surface area (Å²) >= 11 is 0. The minimum absolute atomic E-state index is 0.000223. The van der Waals surface area contributed by atoms with Gasteiger partial charge in [0, 0.05) is 49.3 Å². The fourth-order valence-corrected chi connectivity index (χ4v) is 7.47. The zero-order valence-electron chi connectivity index (χ0n) is 24.6. The number of halogens is 2. The molecule has 0 unspecified atom stereocenters. The molecule has 1 aliphatic heterocycles. The zero-order valence-corrected chi connectivity index (χ0v) is 24.6. The molecule has 11 nitrogen and oxygen atoms in total. The monoisotopic (exact) mass is 604 g/mol. The lowest BCUT2D eigenvalue weighted by Crippen LogP contribution is -2.65. The van der Waals surface area contributed by atoms with Gasteiger partial charge in [0.15, 0.2) is 11.4 Å². The van der Waals surface area contributed by atoms with Crippen LogP contribution in [0.15, 0.2) is 23.0 Å². The normalized spacial score (nSPS) is 28.3. The van der Waals surface area contributed by atoms with Crippen molar-refractivity contribution < 1.29 is 43.6 Å². The highest BCUT2D eigenvalue weighted by atomic mass is 19.3. The highest BCUT2D eigenvalue weighted by Gasteiger charge is 2.64. The summed E-state index contributed by atoms with van der Waals surface area (Å²) in [5, 5.41) is 45.9. The Morgan fingerprint density at radius 2 is 1.77 bits per heavy atom. The lowest BCUT2D eigenvalue weighted by atomic mass is 9.57. The van der Waals surface area contributed by atoms with Gasteiger partial charge in [0.05, 0.1) is 11.6 Å². The van der Waals surface area contributed by atoms with Crippen LogP contribution in [0.1, 0.15) is 36.0 Å². The predicted molar refractivity (Wildman–Crippen MR) is 153 cm³/mol. The number of benzene rings is 1. The maximum atomic E-state index is 14.1. The summed E-state index contributed by atoms with van der Waals surface area (Å²) in [6.45, 7) is 1.04. The molecule has 1 amide bonds. The third-order valence-electron chi connectivity index (χ3n) is 9.64. The van der Waals surface area contributed by atoms with Gasteiger partial charge in [0.1, 0.15) is 22.8 Å². The van der Waals surface area contributed by atoms with E-state index in [9.17, 15) is 43.6 Å². The number of likely N-dealkylation sites (tertiary alicyclic amines) is 1. The number of likely N-dealkylation sites (N-methyl/N-ethyl adjacent to an activating group) is 1. The van der Waals surface area contributed by atoms with E-state index in [-0.39, 0.29) is 36.3 Å². The van der Waals surface area contributed by atoms with E-state index < -0.39 is 70.4 Å². The zero-order chi connectivity index (χ0) is 31.7. The van der Waals surface area contributed by atoms with E-state index in [1.54, 1.807) is 34.3 Å². The van der Waals surface area contributed by atoms with E-state index in [1.165, 1.54) is 4.90 Å². The molecule has 0 spiro atoms. The van der Waals surface area contributed by atoms with Crippen molar-refractivity contribution in [2.75, 3.05) is 46.2 Å². The second-order valence-electron chi connectivity index (χ2n) is 12.6. The summed E-state index contributed by atoms with van der Waals surface area (Å²) < 4.78 is 26.3. The number of amides is 1. The number of primary amides is 1. The molecular weight excluding hydrogens is 566 g/mol. The molecule has 1 aromatic carbocycles. The Kier molecular flexibility index (Phi) is 7.81. The van der Waals surface area contributed by atoms with Crippen molar-refractivity contribution in [1.29, 1.82) is 0 Å². The first kappa shape index (κ1) is 30.9. The van der Waals surface area contributed by atoms with Gasteiger partial charge >= 0.3 is 0 Å². The van der Waals surface area contributed by atoms with Gasteiger partial charge in [-0.2, -0.15) is 0 Å². The number of fused-ring (bicyclic) bond motifs is 3. The Morgan fingerprint density at radius 1 is 1.14 bits per heavy atom. The van der Waals surface area contributed by atoms with Gasteiger partial charge in [-0.25, -0.2) is 8.78 Å². The molecule has 3 aliphatic carbocycles. The van der Waals surface area contributed by atoms with E-state index >= 15 is 0 Å². The summed E-state index contributed by atoms with van der Waals surface area (Å²) in [6, 6.07) is 0.628. The standard InChI is InChI=1S/C30H38F2N4O7/c1-34(2)18-11-15(12-36-7-5-13(6-8-36)28(31)32)23(37)20-16(18)9-14-10-17-22(35(3)4)25(39)21(29(33)42)27(41)30(17,43)26(40)19(14)24(20)38/h11,13-14,17,22,28,37-38,41,43H,5-10,12H2,1-4H3,(H2,33,42)/t14-,17-,22+,30-/m0/s1. The van der Waals surface area contributed by atoms with Gasteiger partial charge in [-0.05, 0) is 70.4 Å². The Labute approximate surface area is 247 Å². The molecule has 1 saturated heterocycles. The molecule has 6 N–H and O–H groups in total. The first-order valence-electron chi connectivity index (χ1n) is 14.3. The molecule has 43 heavy (non-hydrogen) atoms. The number of nitrogens with zero attached hydrogens (tertiary/aromatic N) is 3. The Balaban J connectivity index is 1.62. The van der Waals surface area contributed by atoms with Gasteiger partial charge in [-0.3, -0.25) is 24.2 Å². The first-order valence-corrected chi connectivity index (χ1v) is 14.3. The van der Waals surface area contributed by atoms with Gasteiger partial charge in [0.25, 0.3) is 5.91 Å². The summed E-state index contributed by atoms with van der Waals surface area (Å²) in [5.41, 5.74) is 3.26. The Hall–Kier alpha value is -3.55. The van der Waals surface area contributed by atoms with E-state index in [4.69, 9.17) is 5.73 Å². The van der Waals surface area contributed by atoms with Crippen molar-refractivity contribution in [1.82, 2.24) is 9.80 Å². The van der Waals surface area contributed by atoms with Crippen LogP contribution in [-0.4, -0.2) is 107 Å². The van der Waals surface area contributed by atoms with E-state index in [0.717, 1.165) is 0 Å². The number of ketones is 2. The fraction of sp³-hybridized carbons (Fsp3) is 0.567. The smallest absolute Gasteiger partial charge is 0.255 e. The van der Waals surface area contributed by atoms with Crippen molar-refractivity contribution in [3.8, 4) is 5.75 Å². The average Bonchev–Trinajstić information content (AvgIpc) is 2.92. The number of nitrogens with two attached hydrogens (primary N) is 1. The third-order valence-corrected chi connectivity index (χ3v) is 9.64. The van der Waals surface area contributed by atoms with Crippen LogP contribution in [0.3, 0.4) is 0 Å². The molecule has 4 atom stereocenters. The second kappa shape index (κ2) is 10.9. The minimum Gasteiger partial charge on any atom is -0.508 e. The number of alkyl halides is 2. The molecule has 2 fully saturated rings. The number of anilines is 1. The number of rotatable bonds is 6. The van der Waals surface area contributed by atoms with Gasteiger partial charge in [0.2, 0.25) is 12.2 Å². The van der Waals surface area contributed by atoms with Crippen LogP contribution in [0.4, 0.5) is 14.5 Å². The van der Waals surface area contributed by atoms with Gasteiger partial charge in [-0.15, -0.1) is 0 Å². The molecule has 0 aromatic heterocycles. The average molecular weight is 605 g/mol. The van der Waals surface area contributed by atoms with Crippen molar-refractivity contribution in [3.05, 3.63) is 39.7 Å². The fourth-order valence-electron chi connectivity index (χ4n) is 7.47. The van der Waals surface area contributed by atoms with Crippen LogP contribution in [0.5, 0.6) is 5.75 Å². The number of phenolic OH excluding ortho intramolecular Hbond substituents is 1. The molecular formula is C30H38F2N4O7. The second-order valence-corrected chi connectivity index (χ2v) is 12.6. The topological polar surface area (TPSA) is 168 Å². The van der Waals surface area contributed by atoms with Crippen molar-refractivity contribution >= 4 is 28.9 Å². The molecule has 1 saturated carbocycles. The molecule has 1 aromatic rings. The van der Waals surface area contributed by atoms with Crippen molar-refractivity contribution in [3.63, 3.8) is 0 Å². The van der Waals surface area contributed by atoms with Crippen LogP contribution in [0.2, 0.25) is 0 Å². The Bertz CT molecular complexity index is 1450. The number of phenols is 1. The van der Waals surface area contributed by atoms with Crippen LogP contribution < -0.4 is 10.6 Å². The summed E-state index contributed by atoms with van der Waals surface area (Å²) in [5.74, 6) is -7.65. The number of aliphatic hydroxyl groups excluding tert-OH is 2. The molecule has 4 aliphatic rings. The third kappa shape index (κ3) is 4.68. The van der Waals surface area contributed by atoms with Crippen LogP contribution in [-0.2, 0) is 27.3 Å². The number of aromatic hydroxyl groups is 1. The number of Topliss-reactive ketones (excluding diaryl/α,β-unsaturated/α-hetero) is 2. The number of carbonyl (C=O) groups is 3. The summed E-state index contributed by atoms with van der Waals surface area (Å²) in [6.07, 6.45) is -1.58. The molecule has 234 valence electrons. The number of carbonyl (C=O) groups excluding carboxylic acids is 3. The predicted octanol–water partition coefficient (Wildman–Crippen LogP) is 1.51. The molecule has 0 radical (unpaired) electrons. The van der Waals surface area contributed by atoms with Crippen molar-refractivity contribution in [2.45, 2.75) is 50.3 Å². The molecule has 1 heterocycles. The van der Waals surface area contributed by atoms with Gasteiger partial charge in [-0.1, -0.05) is 0 Å². The Morgan fingerprint density at radius 3 is 2.30 bits per heavy atom. The van der Waals surface area contributed by atoms with Gasteiger partial charge < -0.3 is 31.1 Å². The number of aliphatic hydroxyl groups is 3. The largest absolute Gasteiger partial charge is 0.508 e. The number of hydrogen-bond acceptors (Lipinski definition) is 10. The molecule has 0 bridgehead atoms. The molecule has 13 heteroatoms. The number of piperidine rings is 1. The maximum absolute atomic E-state index is 14.1. The van der Waals surface area contributed by atoms with E-state index in [1.807, 2.05) is 9.80 Å². The quantitative estimate of drug-likeness (QED) is 0.300. The summed E-state index contributed by atoms with van der Waals surface area (Å²) in [7, 11) is 6.68. The van der Waals surface area contributed by atoms with Crippen LogP contribution in [0, 0.1) is 17.8 Å². The minimum atomic E-state index is -2.71. The lowest BCUT2D eigenvalue weighted by molar-refractivity contribution is -0.153. The highest BCUT2D eigenvalue weighted by Crippen LogP contribution is 2.54. The highest BCUT2D eigenvalue weighted by molar-refractivity contribution is 6.24. The van der Waals surface area contributed by atoms with Crippen molar-refractivity contribution in [2.24, 2.45) is 23.5 Å². The van der Waals surface area contributed by atoms with Crippen LogP contribution in [0.25, 0.3) is 5.76 Å². The first-order chi connectivity index (χ1) is 20.1. The SMILES string of the molecule is CN(C)c1cc(CN2CCC(C(F)F)CC2)c(O)c2c1C[C@H]1C[C@H]3[C@@H](N(C)C)C(=O)C(C(N)=O)=C(O)[C@@]3(O)C(=O)C1=C2O. The van der Waals surface area contributed by atoms with E-state index in [2.05, 4.69) is 0 Å².